The van der Waals surface area contributed by atoms with E-state index in [1.54, 1.807) is 7.11 Å². The Morgan fingerprint density at radius 3 is 2.45 bits per heavy atom. The number of imide groups is 1. The zero-order chi connectivity index (χ0) is 21.7. The summed E-state index contributed by atoms with van der Waals surface area (Å²) in [6, 6.07) is 0. The molecule has 1 saturated heterocycles. The van der Waals surface area contributed by atoms with Gasteiger partial charge >= 0.3 is 0 Å². The molecular formula is C20H36N2O7. The lowest BCUT2D eigenvalue weighted by Gasteiger charge is -2.24. The molecule has 0 aromatic carbocycles. The Balaban J connectivity index is 2.09. The first kappa shape index (κ1) is 25.5. The molecule has 9 nitrogen and oxygen atoms in total. The predicted octanol–water partition coefficient (Wildman–Crippen LogP) is 0.895. The van der Waals surface area contributed by atoms with Crippen LogP contribution in [0.15, 0.2) is 0 Å². The number of rotatable bonds is 16. The summed E-state index contributed by atoms with van der Waals surface area (Å²) >= 11 is 0. The Labute approximate surface area is 173 Å². The van der Waals surface area contributed by atoms with Crippen molar-refractivity contribution in [1.29, 1.82) is 0 Å². The molecule has 1 aliphatic heterocycles. The molecule has 1 rings (SSSR count). The quantitative estimate of drug-likeness (QED) is 0.294. The van der Waals surface area contributed by atoms with Gasteiger partial charge in [-0.15, -0.1) is 0 Å². The van der Waals surface area contributed by atoms with Crippen LogP contribution in [0.1, 0.15) is 46.5 Å². The summed E-state index contributed by atoms with van der Waals surface area (Å²) in [7, 11) is 1.65. The lowest BCUT2D eigenvalue weighted by Crippen LogP contribution is -2.34. The Bertz CT molecular complexity index is 509. The van der Waals surface area contributed by atoms with E-state index in [9.17, 15) is 14.4 Å². The van der Waals surface area contributed by atoms with Crippen molar-refractivity contribution in [2.75, 3.05) is 53.2 Å². The van der Waals surface area contributed by atoms with Gasteiger partial charge in [0, 0.05) is 52.7 Å². The highest BCUT2D eigenvalue weighted by Gasteiger charge is 2.28. The Hall–Kier alpha value is -1.55. The zero-order valence-electron chi connectivity index (χ0n) is 18.2. The molecule has 1 fully saturated rings. The highest BCUT2D eigenvalue weighted by molar-refractivity contribution is 6.02. The van der Waals surface area contributed by atoms with Gasteiger partial charge in [0.2, 0.25) is 17.7 Å². The van der Waals surface area contributed by atoms with Crippen molar-refractivity contribution in [2.45, 2.75) is 58.2 Å². The van der Waals surface area contributed by atoms with Crippen LogP contribution in [0.2, 0.25) is 0 Å². The fourth-order valence-corrected chi connectivity index (χ4v) is 2.67. The van der Waals surface area contributed by atoms with Crippen LogP contribution in [0.25, 0.3) is 0 Å². The van der Waals surface area contributed by atoms with Gasteiger partial charge in [-0.1, -0.05) is 0 Å². The molecule has 0 aromatic heterocycles. The minimum Gasteiger partial charge on any atom is -0.379 e. The summed E-state index contributed by atoms with van der Waals surface area (Å²) in [6.45, 7) is 8.80. The summed E-state index contributed by atoms with van der Waals surface area (Å²) in [4.78, 5) is 36.0. The van der Waals surface area contributed by atoms with Crippen molar-refractivity contribution in [1.82, 2.24) is 10.2 Å². The number of methoxy groups -OCH3 is 1. The monoisotopic (exact) mass is 416 g/mol. The van der Waals surface area contributed by atoms with Crippen molar-refractivity contribution in [2.24, 2.45) is 0 Å². The summed E-state index contributed by atoms with van der Waals surface area (Å²) in [5.74, 6) is -0.580. The summed E-state index contributed by atoms with van der Waals surface area (Å²) < 4.78 is 22.2. The van der Waals surface area contributed by atoms with Crippen LogP contribution >= 0.6 is 0 Å². The molecule has 0 radical (unpaired) electrons. The first-order chi connectivity index (χ1) is 13.8. The van der Waals surface area contributed by atoms with Crippen LogP contribution in [0.3, 0.4) is 0 Å². The van der Waals surface area contributed by atoms with Gasteiger partial charge in [0.05, 0.1) is 25.4 Å². The van der Waals surface area contributed by atoms with E-state index in [1.807, 2.05) is 20.8 Å². The van der Waals surface area contributed by atoms with E-state index in [2.05, 4.69) is 5.32 Å². The van der Waals surface area contributed by atoms with E-state index >= 15 is 0 Å². The maximum Gasteiger partial charge on any atom is 0.229 e. The number of ether oxygens (including phenoxy) is 4. The summed E-state index contributed by atoms with van der Waals surface area (Å²) in [5, 5.41) is 2.77. The van der Waals surface area contributed by atoms with Crippen molar-refractivity contribution in [3.63, 3.8) is 0 Å². The number of amides is 3. The van der Waals surface area contributed by atoms with E-state index in [4.69, 9.17) is 18.9 Å². The maximum absolute atomic E-state index is 11.8. The highest BCUT2D eigenvalue weighted by atomic mass is 16.6. The number of carbonyl (C=O) groups excluding carboxylic acids is 3. The van der Waals surface area contributed by atoms with Gasteiger partial charge in [-0.25, -0.2) is 0 Å². The van der Waals surface area contributed by atoms with Crippen molar-refractivity contribution in [3.8, 4) is 0 Å². The minimum atomic E-state index is -0.342. The fraction of sp³-hybridized carbons (Fsp3) is 0.850. The lowest BCUT2D eigenvalue weighted by atomic mass is 10.1. The molecule has 3 amide bonds. The molecular weight excluding hydrogens is 380 g/mol. The number of nitrogens with zero attached hydrogens (tertiary/aromatic N) is 1. The van der Waals surface area contributed by atoms with Gasteiger partial charge in [0.25, 0.3) is 0 Å². The van der Waals surface area contributed by atoms with E-state index in [0.717, 1.165) is 4.90 Å². The highest BCUT2D eigenvalue weighted by Crippen LogP contribution is 2.11. The molecule has 1 heterocycles. The Morgan fingerprint density at radius 2 is 1.83 bits per heavy atom. The number of likely N-dealkylation sites (tertiary alicyclic amines) is 1. The third-order valence-electron chi connectivity index (χ3n) is 4.52. The van der Waals surface area contributed by atoms with Gasteiger partial charge in [0.15, 0.2) is 0 Å². The van der Waals surface area contributed by atoms with Gasteiger partial charge in [-0.2, -0.15) is 0 Å². The van der Waals surface area contributed by atoms with Crippen molar-refractivity contribution >= 4 is 17.7 Å². The first-order valence-electron chi connectivity index (χ1n) is 10.2. The standard InChI is InChI=1S/C20H36N2O7/c1-5-29-16(14-28-15-20(2,3)26-4)13-27-12-6-10-21-17(23)9-11-22-18(24)7-8-19(22)25/h16H,5-15H2,1-4H3,(H,21,23). The zero-order valence-corrected chi connectivity index (χ0v) is 18.2. The maximum atomic E-state index is 11.8. The Morgan fingerprint density at radius 1 is 1.17 bits per heavy atom. The molecule has 0 spiro atoms. The van der Waals surface area contributed by atoms with Gasteiger partial charge < -0.3 is 24.3 Å². The third-order valence-corrected chi connectivity index (χ3v) is 4.52. The van der Waals surface area contributed by atoms with Crippen molar-refractivity contribution in [3.05, 3.63) is 0 Å². The molecule has 0 aliphatic carbocycles. The van der Waals surface area contributed by atoms with Crippen LogP contribution in [0.5, 0.6) is 0 Å². The molecule has 29 heavy (non-hydrogen) atoms. The van der Waals surface area contributed by atoms with Gasteiger partial charge in [-0.05, 0) is 27.2 Å². The van der Waals surface area contributed by atoms with Crippen LogP contribution in [0.4, 0.5) is 0 Å². The molecule has 168 valence electrons. The van der Waals surface area contributed by atoms with E-state index in [-0.39, 0.29) is 55.2 Å². The first-order valence-corrected chi connectivity index (χ1v) is 10.2. The molecule has 9 heteroatoms. The number of hydrogen-bond donors (Lipinski definition) is 1. The largest absolute Gasteiger partial charge is 0.379 e. The molecule has 1 atom stereocenters. The normalized spacial score (nSPS) is 15.8. The molecule has 0 saturated carbocycles. The topological polar surface area (TPSA) is 103 Å². The Kier molecular flexibility index (Phi) is 12.0. The lowest BCUT2D eigenvalue weighted by molar-refractivity contribution is -0.138. The van der Waals surface area contributed by atoms with Crippen LogP contribution < -0.4 is 5.32 Å². The molecule has 0 aromatic rings. The molecule has 1 aliphatic rings. The van der Waals surface area contributed by atoms with Gasteiger partial charge in [0.1, 0.15) is 6.10 Å². The summed E-state index contributed by atoms with van der Waals surface area (Å²) in [5.41, 5.74) is -0.342. The third kappa shape index (κ3) is 10.7. The minimum absolute atomic E-state index is 0.125. The predicted molar refractivity (Wildman–Crippen MR) is 106 cm³/mol. The second-order valence-corrected chi connectivity index (χ2v) is 7.52. The van der Waals surface area contributed by atoms with Crippen LogP contribution in [0, 0.1) is 0 Å². The number of nitrogens with one attached hydrogen (secondary N) is 1. The van der Waals surface area contributed by atoms with Crippen molar-refractivity contribution < 1.29 is 33.3 Å². The fourth-order valence-electron chi connectivity index (χ4n) is 2.67. The van der Waals surface area contributed by atoms with E-state index < -0.39 is 0 Å². The average molecular weight is 417 g/mol. The van der Waals surface area contributed by atoms with Crippen LogP contribution in [-0.4, -0.2) is 87.6 Å². The number of carbonyl (C=O) groups is 3. The molecule has 1 unspecified atom stereocenters. The van der Waals surface area contributed by atoms with E-state index in [0.29, 0.717) is 46.0 Å². The summed E-state index contributed by atoms with van der Waals surface area (Å²) in [6.07, 6.45) is 1.12. The number of hydrogen-bond acceptors (Lipinski definition) is 7. The van der Waals surface area contributed by atoms with E-state index in [1.165, 1.54) is 0 Å². The van der Waals surface area contributed by atoms with Gasteiger partial charge in [-0.3, -0.25) is 19.3 Å². The molecule has 1 N–H and O–H groups in total. The second-order valence-electron chi connectivity index (χ2n) is 7.52. The van der Waals surface area contributed by atoms with Crippen LogP contribution in [-0.2, 0) is 33.3 Å². The average Bonchev–Trinajstić information content (AvgIpc) is 3.00. The SMILES string of the molecule is CCOC(COCCCNC(=O)CCN1C(=O)CCC1=O)COCC(C)(C)OC. The smallest absolute Gasteiger partial charge is 0.229 e. The molecule has 0 bridgehead atoms. The second kappa shape index (κ2) is 13.6.